The van der Waals surface area contributed by atoms with Gasteiger partial charge in [-0.05, 0) is 42.8 Å². The SMILES string of the molecule is Cn1c(=O)ccc2ccc(N3CCCCC3)cc21. The molecule has 0 aliphatic carbocycles. The van der Waals surface area contributed by atoms with Gasteiger partial charge in [-0.3, -0.25) is 4.79 Å². The summed E-state index contributed by atoms with van der Waals surface area (Å²) in [5, 5.41) is 1.12. The van der Waals surface area contributed by atoms with Crippen molar-refractivity contribution in [3.8, 4) is 0 Å². The van der Waals surface area contributed by atoms with E-state index in [1.165, 1.54) is 24.9 Å². The number of benzene rings is 1. The van der Waals surface area contributed by atoms with E-state index in [1.54, 1.807) is 10.6 Å². The summed E-state index contributed by atoms with van der Waals surface area (Å²) in [6.45, 7) is 2.26. The van der Waals surface area contributed by atoms with Crippen molar-refractivity contribution in [1.82, 2.24) is 4.57 Å². The molecule has 0 N–H and O–H groups in total. The van der Waals surface area contributed by atoms with E-state index in [-0.39, 0.29) is 5.56 Å². The van der Waals surface area contributed by atoms with Gasteiger partial charge in [0.25, 0.3) is 5.56 Å². The van der Waals surface area contributed by atoms with E-state index in [0.717, 1.165) is 24.0 Å². The van der Waals surface area contributed by atoms with Gasteiger partial charge in [0.1, 0.15) is 0 Å². The fourth-order valence-corrected chi connectivity index (χ4v) is 2.70. The van der Waals surface area contributed by atoms with E-state index < -0.39 is 0 Å². The van der Waals surface area contributed by atoms with Gasteiger partial charge >= 0.3 is 0 Å². The average molecular weight is 242 g/mol. The highest BCUT2D eigenvalue weighted by atomic mass is 16.1. The predicted molar refractivity (Wildman–Crippen MR) is 75.3 cm³/mol. The van der Waals surface area contributed by atoms with E-state index in [9.17, 15) is 4.79 Å². The zero-order valence-corrected chi connectivity index (χ0v) is 10.7. The highest BCUT2D eigenvalue weighted by Gasteiger charge is 2.11. The van der Waals surface area contributed by atoms with Crippen molar-refractivity contribution in [2.45, 2.75) is 19.3 Å². The van der Waals surface area contributed by atoms with Crippen molar-refractivity contribution in [2.75, 3.05) is 18.0 Å². The summed E-state index contributed by atoms with van der Waals surface area (Å²) in [7, 11) is 1.84. The number of pyridine rings is 1. The van der Waals surface area contributed by atoms with Crippen LogP contribution in [0.1, 0.15) is 19.3 Å². The summed E-state index contributed by atoms with van der Waals surface area (Å²) in [5.41, 5.74) is 2.31. The molecule has 0 amide bonds. The quantitative estimate of drug-likeness (QED) is 0.767. The third kappa shape index (κ3) is 1.90. The van der Waals surface area contributed by atoms with E-state index in [0.29, 0.717) is 0 Å². The van der Waals surface area contributed by atoms with Gasteiger partial charge < -0.3 is 9.47 Å². The molecule has 0 saturated carbocycles. The highest BCUT2D eigenvalue weighted by Crippen LogP contribution is 2.23. The normalized spacial score (nSPS) is 16.2. The first kappa shape index (κ1) is 11.3. The number of aromatic nitrogens is 1. The lowest BCUT2D eigenvalue weighted by Gasteiger charge is -2.29. The van der Waals surface area contributed by atoms with Crippen LogP contribution in [0.4, 0.5) is 5.69 Å². The number of rotatable bonds is 1. The van der Waals surface area contributed by atoms with Gasteiger partial charge in [0.2, 0.25) is 0 Å². The maximum absolute atomic E-state index is 11.7. The summed E-state index contributed by atoms with van der Waals surface area (Å²) in [5.74, 6) is 0. The smallest absolute Gasteiger partial charge is 0.250 e. The molecule has 0 atom stereocenters. The van der Waals surface area contributed by atoms with Crippen LogP contribution < -0.4 is 10.5 Å². The Labute approximate surface area is 107 Å². The Morgan fingerprint density at radius 3 is 2.50 bits per heavy atom. The van der Waals surface area contributed by atoms with Gasteiger partial charge in [-0.25, -0.2) is 0 Å². The summed E-state index contributed by atoms with van der Waals surface area (Å²) in [4.78, 5) is 14.1. The van der Waals surface area contributed by atoms with Crippen LogP contribution in [0.2, 0.25) is 0 Å². The molecule has 1 fully saturated rings. The molecule has 0 unspecified atom stereocenters. The first-order valence-corrected chi connectivity index (χ1v) is 6.60. The topological polar surface area (TPSA) is 25.2 Å². The van der Waals surface area contributed by atoms with E-state index in [1.807, 2.05) is 13.1 Å². The molecule has 1 aliphatic rings. The lowest BCUT2D eigenvalue weighted by molar-refractivity contribution is 0.578. The molecule has 1 aliphatic heterocycles. The summed E-state index contributed by atoms with van der Waals surface area (Å²) in [6, 6.07) is 9.94. The molecule has 1 aromatic heterocycles. The summed E-state index contributed by atoms with van der Waals surface area (Å²) >= 11 is 0. The van der Waals surface area contributed by atoms with Gasteiger partial charge in [0.05, 0.1) is 5.52 Å². The van der Waals surface area contributed by atoms with Crippen molar-refractivity contribution in [3.05, 3.63) is 40.7 Å². The van der Waals surface area contributed by atoms with Crippen LogP contribution >= 0.6 is 0 Å². The number of hydrogen-bond donors (Lipinski definition) is 0. The zero-order valence-electron chi connectivity index (χ0n) is 10.7. The monoisotopic (exact) mass is 242 g/mol. The molecular formula is C15H18N2O. The molecule has 3 nitrogen and oxygen atoms in total. The molecule has 3 rings (SSSR count). The maximum Gasteiger partial charge on any atom is 0.250 e. The number of piperidine rings is 1. The van der Waals surface area contributed by atoms with Crippen LogP contribution in [0, 0.1) is 0 Å². The lowest BCUT2D eigenvalue weighted by atomic mass is 10.1. The minimum absolute atomic E-state index is 0.0540. The Hall–Kier alpha value is -1.77. The second-order valence-electron chi connectivity index (χ2n) is 5.02. The number of hydrogen-bond acceptors (Lipinski definition) is 2. The molecule has 3 heteroatoms. The molecule has 0 spiro atoms. The minimum Gasteiger partial charge on any atom is -0.371 e. The largest absolute Gasteiger partial charge is 0.371 e. The first-order chi connectivity index (χ1) is 8.75. The highest BCUT2D eigenvalue weighted by molar-refractivity contribution is 5.82. The Bertz CT molecular complexity index is 624. The molecule has 94 valence electrons. The number of nitrogens with zero attached hydrogens (tertiary/aromatic N) is 2. The lowest BCUT2D eigenvalue weighted by Crippen LogP contribution is -2.29. The molecule has 2 heterocycles. The first-order valence-electron chi connectivity index (χ1n) is 6.60. The van der Waals surface area contributed by atoms with Crippen molar-refractivity contribution >= 4 is 16.6 Å². The number of fused-ring (bicyclic) bond motifs is 1. The third-order valence-electron chi connectivity index (χ3n) is 3.83. The average Bonchev–Trinajstić information content (AvgIpc) is 2.44. The Morgan fingerprint density at radius 2 is 1.72 bits per heavy atom. The van der Waals surface area contributed by atoms with Gasteiger partial charge in [0.15, 0.2) is 0 Å². The van der Waals surface area contributed by atoms with Crippen molar-refractivity contribution < 1.29 is 0 Å². The van der Waals surface area contributed by atoms with E-state index >= 15 is 0 Å². The van der Waals surface area contributed by atoms with Gasteiger partial charge in [-0.1, -0.05) is 6.07 Å². The van der Waals surface area contributed by atoms with E-state index in [2.05, 4.69) is 23.1 Å². The second-order valence-corrected chi connectivity index (χ2v) is 5.02. The van der Waals surface area contributed by atoms with Crippen molar-refractivity contribution in [3.63, 3.8) is 0 Å². The van der Waals surface area contributed by atoms with Crippen LogP contribution in [0.3, 0.4) is 0 Å². The van der Waals surface area contributed by atoms with Crippen molar-refractivity contribution in [1.29, 1.82) is 0 Å². The van der Waals surface area contributed by atoms with Gasteiger partial charge in [0, 0.05) is 31.9 Å². The Morgan fingerprint density at radius 1 is 1.00 bits per heavy atom. The fraction of sp³-hybridized carbons (Fsp3) is 0.400. The summed E-state index contributed by atoms with van der Waals surface area (Å²) in [6.07, 6.45) is 3.88. The fourth-order valence-electron chi connectivity index (χ4n) is 2.70. The minimum atomic E-state index is 0.0540. The predicted octanol–water partition coefficient (Wildman–Crippen LogP) is 2.53. The molecule has 1 saturated heterocycles. The van der Waals surface area contributed by atoms with Crippen LogP contribution in [0.15, 0.2) is 35.1 Å². The van der Waals surface area contributed by atoms with E-state index in [4.69, 9.17) is 0 Å². The van der Waals surface area contributed by atoms with Crippen molar-refractivity contribution in [2.24, 2.45) is 7.05 Å². The number of aryl methyl sites for hydroxylation is 1. The number of anilines is 1. The summed E-state index contributed by atoms with van der Waals surface area (Å²) < 4.78 is 1.72. The molecular weight excluding hydrogens is 224 g/mol. The molecule has 0 bridgehead atoms. The zero-order chi connectivity index (χ0) is 12.5. The third-order valence-corrected chi connectivity index (χ3v) is 3.83. The van der Waals surface area contributed by atoms with Crippen LogP contribution in [0.25, 0.3) is 10.9 Å². The standard InChI is InChI=1S/C15H18N2O/c1-16-14-11-13(17-9-3-2-4-10-17)7-5-12(14)6-8-15(16)18/h5-8,11H,2-4,9-10H2,1H3. The van der Waals surface area contributed by atoms with Crippen LogP contribution in [-0.2, 0) is 7.05 Å². The maximum atomic E-state index is 11.7. The molecule has 18 heavy (non-hydrogen) atoms. The Balaban J connectivity index is 2.09. The Kier molecular flexibility index (Phi) is 2.82. The van der Waals surface area contributed by atoms with Crippen LogP contribution in [0.5, 0.6) is 0 Å². The molecule has 0 radical (unpaired) electrons. The van der Waals surface area contributed by atoms with Gasteiger partial charge in [-0.15, -0.1) is 0 Å². The molecule has 2 aromatic rings. The van der Waals surface area contributed by atoms with Gasteiger partial charge in [-0.2, -0.15) is 0 Å². The van der Waals surface area contributed by atoms with Crippen LogP contribution in [-0.4, -0.2) is 17.7 Å². The molecule has 1 aromatic carbocycles. The second kappa shape index (κ2) is 4.48.